The first-order chi connectivity index (χ1) is 12.9. The van der Waals surface area contributed by atoms with Crippen LogP contribution in [0.2, 0.25) is 0 Å². The molecule has 0 radical (unpaired) electrons. The van der Waals surface area contributed by atoms with Gasteiger partial charge in [0.05, 0.1) is 17.0 Å². The van der Waals surface area contributed by atoms with Gasteiger partial charge in [-0.1, -0.05) is 6.92 Å². The first-order valence-corrected chi connectivity index (χ1v) is 9.65. The van der Waals surface area contributed by atoms with Crippen molar-refractivity contribution >= 4 is 28.5 Å². The monoisotopic (exact) mass is 371 g/mol. The van der Waals surface area contributed by atoms with E-state index < -0.39 is 0 Å². The van der Waals surface area contributed by atoms with Crippen molar-refractivity contribution in [2.24, 2.45) is 5.92 Å². The van der Waals surface area contributed by atoms with E-state index in [0.29, 0.717) is 13.1 Å². The largest absolute Gasteiger partial charge is 0.341 e. The zero-order chi connectivity index (χ0) is 19.6. The Hall–Kier alpha value is -2.41. The van der Waals surface area contributed by atoms with E-state index in [9.17, 15) is 9.59 Å². The quantitative estimate of drug-likeness (QED) is 0.808. The number of amides is 2. The fraction of sp³-hybridized carbons (Fsp3) is 0.550. The molecule has 2 aromatic rings. The van der Waals surface area contributed by atoms with Crippen LogP contribution in [-0.2, 0) is 22.6 Å². The van der Waals surface area contributed by atoms with Gasteiger partial charge in [0, 0.05) is 44.7 Å². The van der Waals surface area contributed by atoms with Crippen LogP contribution in [0.5, 0.6) is 0 Å². The number of fused-ring (bicyclic) bond motifs is 1. The molecule has 146 valence electrons. The summed E-state index contributed by atoms with van der Waals surface area (Å²) in [5, 5.41) is 2.97. The van der Waals surface area contributed by atoms with Gasteiger partial charge < -0.3 is 19.7 Å². The highest BCUT2D eigenvalue weighted by Crippen LogP contribution is 2.23. The van der Waals surface area contributed by atoms with E-state index in [1.54, 1.807) is 4.90 Å². The number of nitrogens with zero attached hydrogens (tertiary/aromatic N) is 4. The SMILES string of the molecule is CCc1nc2cc(NC(=O)[C@H]3CC(=O)N(CCN(C)C)C3)ccc2n1CC. The lowest BCUT2D eigenvalue weighted by molar-refractivity contribution is -0.128. The number of nitrogens with one attached hydrogen (secondary N) is 1. The minimum absolute atomic E-state index is 0.0572. The molecule has 7 heteroatoms. The topological polar surface area (TPSA) is 70.5 Å². The number of imidazole rings is 1. The lowest BCUT2D eigenvalue weighted by Gasteiger charge is -2.19. The van der Waals surface area contributed by atoms with Gasteiger partial charge >= 0.3 is 0 Å². The van der Waals surface area contributed by atoms with Gasteiger partial charge in [0.2, 0.25) is 11.8 Å². The average Bonchev–Trinajstić information content (AvgIpc) is 3.19. The number of hydrogen-bond acceptors (Lipinski definition) is 4. The number of benzene rings is 1. The predicted octanol–water partition coefficient (Wildman–Crippen LogP) is 1.97. The smallest absolute Gasteiger partial charge is 0.229 e. The minimum atomic E-state index is -0.297. The van der Waals surface area contributed by atoms with Crippen LogP contribution in [0, 0.1) is 5.92 Å². The molecule has 1 aromatic heterocycles. The second-order valence-electron chi connectivity index (χ2n) is 7.36. The standard InChI is InChI=1S/C20H29N5O2/c1-5-18-22-16-12-15(7-8-17(16)25(18)6-2)21-20(27)14-11-19(26)24(13-14)10-9-23(3)4/h7-8,12,14H,5-6,9-11,13H2,1-4H3,(H,21,27)/t14-/m0/s1. The molecule has 1 aromatic carbocycles. The van der Waals surface area contributed by atoms with Crippen molar-refractivity contribution < 1.29 is 9.59 Å². The van der Waals surface area contributed by atoms with Crippen LogP contribution < -0.4 is 5.32 Å². The molecule has 1 N–H and O–H groups in total. The van der Waals surface area contributed by atoms with Crippen molar-refractivity contribution in [3.8, 4) is 0 Å². The summed E-state index contributed by atoms with van der Waals surface area (Å²) >= 11 is 0. The van der Waals surface area contributed by atoms with Crippen LogP contribution >= 0.6 is 0 Å². The van der Waals surface area contributed by atoms with Crippen LogP contribution in [0.4, 0.5) is 5.69 Å². The molecule has 1 fully saturated rings. The third-order valence-corrected chi connectivity index (χ3v) is 5.13. The van der Waals surface area contributed by atoms with Crippen LogP contribution in [0.1, 0.15) is 26.1 Å². The van der Waals surface area contributed by atoms with Gasteiger partial charge in [0.25, 0.3) is 0 Å². The van der Waals surface area contributed by atoms with Gasteiger partial charge in [0.15, 0.2) is 0 Å². The van der Waals surface area contributed by atoms with E-state index in [-0.39, 0.29) is 24.2 Å². The maximum atomic E-state index is 12.6. The van der Waals surface area contributed by atoms with Gasteiger partial charge in [-0.2, -0.15) is 0 Å². The van der Waals surface area contributed by atoms with Crippen molar-refractivity contribution in [1.82, 2.24) is 19.4 Å². The molecular formula is C20H29N5O2. The van der Waals surface area contributed by atoms with Gasteiger partial charge in [-0.05, 0) is 39.2 Å². The number of hydrogen-bond donors (Lipinski definition) is 1. The Labute approximate surface area is 160 Å². The Bertz CT molecular complexity index is 842. The van der Waals surface area contributed by atoms with Gasteiger partial charge in [-0.25, -0.2) is 4.98 Å². The number of likely N-dealkylation sites (tertiary alicyclic amines) is 1. The maximum absolute atomic E-state index is 12.6. The summed E-state index contributed by atoms with van der Waals surface area (Å²) in [5.41, 5.74) is 2.70. The van der Waals surface area contributed by atoms with E-state index in [1.165, 1.54) is 0 Å². The lowest BCUT2D eigenvalue weighted by Crippen LogP contribution is -2.33. The predicted molar refractivity (Wildman–Crippen MR) is 107 cm³/mol. The van der Waals surface area contributed by atoms with Crippen molar-refractivity contribution in [2.75, 3.05) is 39.0 Å². The first kappa shape index (κ1) is 19.4. The molecule has 0 bridgehead atoms. The fourth-order valence-corrected chi connectivity index (χ4v) is 3.61. The molecule has 2 heterocycles. The molecular weight excluding hydrogens is 342 g/mol. The minimum Gasteiger partial charge on any atom is -0.341 e. The fourth-order valence-electron chi connectivity index (χ4n) is 3.61. The van der Waals surface area contributed by atoms with E-state index in [4.69, 9.17) is 0 Å². The first-order valence-electron chi connectivity index (χ1n) is 9.65. The summed E-state index contributed by atoms with van der Waals surface area (Å²) in [6.07, 6.45) is 1.16. The highest BCUT2D eigenvalue weighted by Gasteiger charge is 2.34. The summed E-state index contributed by atoms with van der Waals surface area (Å²) in [7, 11) is 3.95. The molecule has 3 rings (SSSR count). The molecule has 1 aliphatic rings. The molecule has 27 heavy (non-hydrogen) atoms. The van der Waals surface area contributed by atoms with Crippen LogP contribution in [-0.4, -0.2) is 64.9 Å². The Morgan fingerprint density at radius 2 is 2.11 bits per heavy atom. The highest BCUT2D eigenvalue weighted by molar-refractivity contribution is 5.98. The molecule has 0 aliphatic carbocycles. The van der Waals surface area contributed by atoms with Gasteiger partial charge in [-0.3, -0.25) is 9.59 Å². The number of carbonyl (C=O) groups is 2. The molecule has 7 nitrogen and oxygen atoms in total. The van der Waals surface area contributed by atoms with Crippen LogP contribution in [0.15, 0.2) is 18.2 Å². The van der Waals surface area contributed by atoms with Crippen molar-refractivity contribution in [3.63, 3.8) is 0 Å². The van der Waals surface area contributed by atoms with Crippen LogP contribution in [0.3, 0.4) is 0 Å². The number of aryl methyl sites for hydroxylation is 2. The van der Waals surface area contributed by atoms with E-state index in [0.717, 1.165) is 42.1 Å². The van der Waals surface area contributed by atoms with E-state index in [1.807, 2.05) is 37.2 Å². The van der Waals surface area contributed by atoms with Gasteiger partial charge in [0.1, 0.15) is 5.82 Å². The Balaban J connectivity index is 1.68. The Morgan fingerprint density at radius 3 is 2.78 bits per heavy atom. The molecule has 1 atom stereocenters. The zero-order valence-corrected chi connectivity index (χ0v) is 16.7. The Kier molecular flexibility index (Phi) is 5.79. The summed E-state index contributed by atoms with van der Waals surface area (Å²) in [5.74, 6) is 0.714. The summed E-state index contributed by atoms with van der Waals surface area (Å²) in [6.45, 7) is 7.03. The van der Waals surface area contributed by atoms with Crippen molar-refractivity contribution in [1.29, 1.82) is 0 Å². The van der Waals surface area contributed by atoms with Crippen molar-refractivity contribution in [3.05, 3.63) is 24.0 Å². The van der Waals surface area contributed by atoms with E-state index >= 15 is 0 Å². The zero-order valence-electron chi connectivity index (χ0n) is 16.7. The molecule has 0 unspecified atom stereocenters. The number of anilines is 1. The number of rotatable bonds is 7. The molecule has 1 saturated heterocycles. The maximum Gasteiger partial charge on any atom is 0.229 e. The summed E-state index contributed by atoms with van der Waals surface area (Å²) < 4.78 is 2.19. The molecule has 0 saturated carbocycles. The third-order valence-electron chi connectivity index (χ3n) is 5.13. The normalized spacial score (nSPS) is 17.3. The lowest BCUT2D eigenvalue weighted by atomic mass is 10.1. The number of aromatic nitrogens is 2. The summed E-state index contributed by atoms with van der Waals surface area (Å²) in [6, 6.07) is 5.83. The van der Waals surface area contributed by atoms with Crippen molar-refractivity contribution in [2.45, 2.75) is 33.2 Å². The number of carbonyl (C=O) groups excluding carboxylic acids is 2. The molecule has 1 aliphatic heterocycles. The Morgan fingerprint density at radius 1 is 1.33 bits per heavy atom. The van der Waals surface area contributed by atoms with E-state index in [2.05, 4.69) is 28.7 Å². The van der Waals surface area contributed by atoms with Crippen LogP contribution in [0.25, 0.3) is 11.0 Å². The third kappa shape index (κ3) is 4.13. The second kappa shape index (κ2) is 8.08. The second-order valence-corrected chi connectivity index (χ2v) is 7.36. The van der Waals surface area contributed by atoms with Gasteiger partial charge in [-0.15, -0.1) is 0 Å². The average molecular weight is 371 g/mol. The molecule has 0 spiro atoms. The molecule has 2 amide bonds. The summed E-state index contributed by atoms with van der Waals surface area (Å²) in [4.78, 5) is 33.3. The highest BCUT2D eigenvalue weighted by atomic mass is 16.2. The number of likely N-dealkylation sites (N-methyl/N-ethyl adjacent to an activating group) is 1.